The molecule has 0 saturated carbocycles. The molecule has 1 aromatic carbocycles. The smallest absolute Gasteiger partial charge is 0.416 e. The Kier molecular flexibility index (Phi) is 6.37. The number of nitrogens with zero attached hydrogens (tertiary/aromatic N) is 1. The highest BCUT2D eigenvalue weighted by Crippen LogP contribution is 2.38. The van der Waals surface area contributed by atoms with Crippen LogP contribution in [0.1, 0.15) is 22.9 Å². The first-order valence-electron chi connectivity index (χ1n) is 7.42. The van der Waals surface area contributed by atoms with E-state index in [2.05, 4.69) is 5.32 Å². The Morgan fingerprint density at radius 3 is 2.44 bits per heavy atom. The van der Waals surface area contributed by atoms with E-state index in [0.717, 1.165) is 6.07 Å². The van der Waals surface area contributed by atoms with Crippen LogP contribution >= 0.6 is 24.0 Å². The molecule has 1 aliphatic heterocycles. The molecule has 0 amide bonds. The molecule has 1 fully saturated rings. The van der Waals surface area contributed by atoms with Crippen molar-refractivity contribution in [2.75, 3.05) is 26.2 Å². The van der Waals surface area contributed by atoms with Crippen LogP contribution in [0.2, 0.25) is 5.02 Å². The van der Waals surface area contributed by atoms with Crippen molar-refractivity contribution in [2.45, 2.75) is 12.2 Å². The quantitative estimate of drug-likeness (QED) is 0.771. The van der Waals surface area contributed by atoms with Crippen LogP contribution in [0.25, 0.3) is 0 Å². The van der Waals surface area contributed by atoms with Crippen LogP contribution in [0, 0.1) is 5.82 Å². The molecular weight excluding hydrogens is 383 g/mol. The molecule has 1 N–H and O–H groups in total. The Labute approximate surface area is 153 Å². The molecule has 1 aliphatic rings. The van der Waals surface area contributed by atoms with Crippen LogP contribution in [-0.4, -0.2) is 31.1 Å². The first-order valence-corrected chi connectivity index (χ1v) is 7.80. The lowest BCUT2D eigenvalue weighted by Gasteiger charge is -2.34. The molecule has 2 heterocycles. The van der Waals surface area contributed by atoms with E-state index in [1.165, 1.54) is 6.26 Å². The van der Waals surface area contributed by atoms with Crippen molar-refractivity contribution in [3.05, 3.63) is 58.3 Å². The van der Waals surface area contributed by atoms with Crippen LogP contribution in [-0.2, 0) is 6.18 Å². The highest BCUT2D eigenvalue weighted by Gasteiger charge is 2.35. The lowest BCUT2D eigenvalue weighted by atomic mass is 9.98. The van der Waals surface area contributed by atoms with E-state index in [1.54, 1.807) is 12.1 Å². The second-order valence-electron chi connectivity index (χ2n) is 5.56. The summed E-state index contributed by atoms with van der Waals surface area (Å²) < 4.78 is 59.3. The SMILES string of the molecule is Cl.Fc1c(Cl)cc(C(F)(F)F)cc1[C@@H](c1ccco1)N1CCNCC1. The predicted molar refractivity (Wildman–Crippen MR) is 88.7 cm³/mol. The third kappa shape index (κ3) is 4.28. The molecule has 3 nitrogen and oxygen atoms in total. The van der Waals surface area contributed by atoms with Crippen molar-refractivity contribution < 1.29 is 22.0 Å². The normalized spacial score (nSPS) is 17.2. The van der Waals surface area contributed by atoms with Crippen molar-refractivity contribution >= 4 is 24.0 Å². The van der Waals surface area contributed by atoms with Crippen molar-refractivity contribution in [3.63, 3.8) is 0 Å². The van der Waals surface area contributed by atoms with Gasteiger partial charge in [-0.3, -0.25) is 4.90 Å². The predicted octanol–water partition coefficient (Wildman–Crippen LogP) is 4.51. The molecule has 1 aromatic heterocycles. The van der Waals surface area contributed by atoms with Crippen LogP contribution < -0.4 is 5.32 Å². The minimum Gasteiger partial charge on any atom is -0.467 e. The lowest BCUT2D eigenvalue weighted by Crippen LogP contribution is -2.45. The van der Waals surface area contributed by atoms with E-state index >= 15 is 0 Å². The average Bonchev–Trinajstić information content (AvgIpc) is 3.05. The summed E-state index contributed by atoms with van der Waals surface area (Å²) in [5.74, 6) is -0.476. The van der Waals surface area contributed by atoms with Crippen molar-refractivity contribution in [3.8, 4) is 0 Å². The van der Waals surface area contributed by atoms with Crippen molar-refractivity contribution in [1.82, 2.24) is 10.2 Å². The second-order valence-corrected chi connectivity index (χ2v) is 5.97. The summed E-state index contributed by atoms with van der Waals surface area (Å²) in [6.07, 6.45) is -3.19. The number of nitrogens with one attached hydrogen (secondary N) is 1. The number of benzene rings is 1. The fourth-order valence-corrected chi connectivity index (χ4v) is 3.12. The number of furan rings is 1. The summed E-state index contributed by atoms with van der Waals surface area (Å²) in [5.41, 5.74) is -1.11. The summed E-state index contributed by atoms with van der Waals surface area (Å²) in [7, 11) is 0. The minimum absolute atomic E-state index is 0. The number of alkyl halides is 3. The van der Waals surface area contributed by atoms with E-state index in [9.17, 15) is 17.6 Å². The van der Waals surface area contributed by atoms with Gasteiger partial charge in [0.05, 0.1) is 22.9 Å². The number of hydrogen-bond donors (Lipinski definition) is 1. The van der Waals surface area contributed by atoms with Gasteiger partial charge in [-0.25, -0.2) is 4.39 Å². The van der Waals surface area contributed by atoms with Gasteiger partial charge in [-0.15, -0.1) is 12.4 Å². The van der Waals surface area contributed by atoms with E-state index in [1.807, 2.05) is 4.90 Å². The molecule has 138 valence electrons. The third-order valence-electron chi connectivity index (χ3n) is 4.01. The summed E-state index contributed by atoms with van der Waals surface area (Å²) in [5, 5.41) is 2.61. The monoisotopic (exact) mass is 398 g/mol. The number of piperazine rings is 1. The number of hydrogen-bond acceptors (Lipinski definition) is 3. The number of rotatable bonds is 3. The van der Waals surface area contributed by atoms with Gasteiger partial charge >= 0.3 is 6.18 Å². The van der Waals surface area contributed by atoms with E-state index < -0.39 is 28.6 Å². The maximum atomic E-state index is 14.6. The molecule has 2 aromatic rings. The fraction of sp³-hybridized carbons (Fsp3) is 0.375. The zero-order chi connectivity index (χ0) is 17.3. The van der Waals surface area contributed by atoms with E-state index in [0.29, 0.717) is 38.0 Å². The molecule has 0 aliphatic carbocycles. The molecule has 25 heavy (non-hydrogen) atoms. The van der Waals surface area contributed by atoms with Gasteiger partial charge in [-0.05, 0) is 24.3 Å². The Hall–Kier alpha value is -1.28. The van der Waals surface area contributed by atoms with Crippen LogP contribution in [0.15, 0.2) is 34.9 Å². The van der Waals surface area contributed by atoms with Crippen LogP contribution in [0.5, 0.6) is 0 Å². The zero-order valence-electron chi connectivity index (χ0n) is 12.9. The van der Waals surface area contributed by atoms with Gasteiger partial charge in [-0.1, -0.05) is 11.6 Å². The maximum Gasteiger partial charge on any atom is 0.416 e. The largest absolute Gasteiger partial charge is 0.467 e. The average molecular weight is 399 g/mol. The summed E-state index contributed by atoms with van der Waals surface area (Å²) in [4.78, 5) is 1.88. The van der Waals surface area contributed by atoms with Crippen LogP contribution in [0.3, 0.4) is 0 Å². The Balaban J connectivity index is 0.00000225. The van der Waals surface area contributed by atoms with Gasteiger partial charge in [0, 0.05) is 31.7 Å². The molecule has 9 heteroatoms. The van der Waals surface area contributed by atoms with Gasteiger partial charge in [-0.2, -0.15) is 13.2 Å². The van der Waals surface area contributed by atoms with Gasteiger partial charge in [0.15, 0.2) is 0 Å². The molecular formula is C16H16Cl2F4N2O. The second kappa shape index (κ2) is 7.95. The Morgan fingerprint density at radius 2 is 1.88 bits per heavy atom. The molecule has 3 rings (SSSR count). The van der Waals surface area contributed by atoms with E-state index in [-0.39, 0.29) is 18.0 Å². The van der Waals surface area contributed by atoms with Crippen molar-refractivity contribution in [2.24, 2.45) is 0 Å². The topological polar surface area (TPSA) is 28.4 Å². The molecule has 0 bridgehead atoms. The summed E-state index contributed by atoms with van der Waals surface area (Å²) in [6.45, 7) is 2.42. The molecule has 1 saturated heterocycles. The Morgan fingerprint density at radius 1 is 1.20 bits per heavy atom. The van der Waals surface area contributed by atoms with Gasteiger partial charge in [0.25, 0.3) is 0 Å². The van der Waals surface area contributed by atoms with Gasteiger partial charge < -0.3 is 9.73 Å². The molecule has 0 spiro atoms. The highest BCUT2D eigenvalue weighted by molar-refractivity contribution is 6.30. The number of halogens is 6. The fourth-order valence-electron chi connectivity index (χ4n) is 2.89. The Bertz CT molecular complexity index is 701. The minimum atomic E-state index is -4.61. The van der Waals surface area contributed by atoms with Gasteiger partial charge in [0.1, 0.15) is 11.6 Å². The lowest BCUT2D eigenvalue weighted by molar-refractivity contribution is -0.137. The zero-order valence-corrected chi connectivity index (χ0v) is 14.5. The maximum absolute atomic E-state index is 14.6. The third-order valence-corrected chi connectivity index (χ3v) is 4.28. The summed E-state index contributed by atoms with van der Waals surface area (Å²) in [6, 6.07) is 3.91. The van der Waals surface area contributed by atoms with Crippen molar-refractivity contribution in [1.29, 1.82) is 0 Å². The molecule has 0 unspecified atom stereocenters. The highest BCUT2D eigenvalue weighted by atomic mass is 35.5. The standard InChI is InChI=1S/C16H15ClF4N2O.ClH/c17-12-9-10(16(19,20)21)8-11(14(12)18)15(13-2-1-7-24-13)23-5-3-22-4-6-23;/h1-2,7-9,15,22H,3-6H2;1H/t15-;/m0./s1. The first-order chi connectivity index (χ1) is 11.4. The van der Waals surface area contributed by atoms with Gasteiger partial charge in [0.2, 0.25) is 0 Å². The summed E-state index contributed by atoms with van der Waals surface area (Å²) >= 11 is 5.73. The van der Waals surface area contributed by atoms with E-state index in [4.69, 9.17) is 16.0 Å². The molecule has 1 atom stereocenters. The van der Waals surface area contributed by atoms with Crippen LogP contribution in [0.4, 0.5) is 17.6 Å². The molecule has 0 radical (unpaired) electrons. The first kappa shape index (κ1) is 20.0.